The van der Waals surface area contributed by atoms with E-state index in [-0.39, 0.29) is 12.6 Å². The maximum atomic E-state index is 11.9. The number of phosphoric ester groups is 1. The minimum Gasteiger partial charge on any atom is -0.387 e. The maximum Gasteiger partial charge on any atom is 0.472 e. The van der Waals surface area contributed by atoms with Crippen molar-refractivity contribution in [1.29, 1.82) is 0 Å². The second-order valence-electron chi connectivity index (χ2n) is 5.79. The van der Waals surface area contributed by atoms with Crippen LogP contribution >= 0.6 is 7.82 Å². The molecule has 1 unspecified atom stereocenters. The zero-order chi connectivity index (χ0) is 20.9. The lowest BCUT2D eigenvalue weighted by molar-refractivity contribution is -0.220. The molecule has 0 aromatic rings. The summed E-state index contributed by atoms with van der Waals surface area (Å²) in [6.45, 7) is -1.00. The summed E-state index contributed by atoms with van der Waals surface area (Å²) in [4.78, 5) is 53.0. The molecule has 0 saturated heterocycles. The fourth-order valence-corrected chi connectivity index (χ4v) is 3.30. The highest BCUT2D eigenvalue weighted by Gasteiger charge is 2.51. The Hall–Kier alpha value is -1.41. The van der Waals surface area contributed by atoms with Crippen LogP contribution in [-0.2, 0) is 32.8 Å². The average molecular weight is 414 g/mol. The second-order valence-corrected chi connectivity index (χ2v) is 7.20. The molecule has 1 fully saturated rings. The number of rotatable bonds is 10. The number of Topliss-reactive ketones (excluding diaryl/α,β-unsaturated/α-hetero) is 2. The maximum absolute atomic E-state index is 11.9. The van der Waals surface area contributed by atoms with Gasteiger partial charge < -0.3 is 30.4 Å². The lowest BCUT2D eigenvalue weighted by Gasteiger charge is -2.41. The Balaban J connectivity index is 2.82. The molecule has 0 spiro atoms. The van der Waals surface area contributed by atoms with E-state index in [4.69, 9.17) is 0 Å². The van der Waals surface area contributed by atoms with Gasteiger partial charge in [0, 0.05) is 6.42 Å². The summed E-state index contributed by atoms with van der Waals surface area (Å²) in [7, 11) is -5.16. The predicted octanol–water partition coefficient (Wildman–Crippen LogP) is -4.15. The zero-order valence-corrected chi connectivity index (χ0v) is 14.5. The van der Waals surface area contributed by atoms with E-state index in [0.717, 1.165) is 0 Å². The van der Waals surface area contributed by atoms with Gasteiger partial charge in [0.1, 0.15) is 36.6 Å². The normalized spacial score (nSPS) is 34.3. The first-order valence-electron chi connectivity index (χ1n) is 7.48. The Bertz CT molecular complexity index is 605. The largest absolute Gasteiger partial charge is 0.472 e. The van der Waals surface area contributed by atoms with Crippen molar-refractivity contribution >= 4 is 32.0 Å². The molecule has 27 heavy (non-hydrogen) atoms. The number of phosphoric acid groups is 1. The van der Waals surface area contributed by atoms with Crippen molar-refractivity contribution < 1.29 is 63.2 Å². The van der Waals surface area contributed by atoms with Gasteiger partial charge in [0.15, 0.2) is 18.4 Å². The SMILES string of the molecule is O=CC(=O)C[C@H](COP(=O)(O)OC1[C@@H](O)[C@H](O)C(O)[C@@H](O)[C@@H]1O)C(=O)C=O. The van der Waals surface area contributed by atoms with Crippen LogP contribution in [0.25, 0.3) is 0 Å². The van der Waals surface area contributed by atoms with Crippen molar-refractivity contribution in [3.05, 3.63) is 0 Å². The lowest BCUT2D eigenvalue weighted by Crippen LogP contribution is -2.64. The molecule has 6 atom stereocenters. The highest BCUT2D eigenvalue weighted by molar-refractivity contribution is 7.47. The first kappa shape index (κ1) is 23.6. The summed E-state index contributed by atoms with van der Waals surface area (Å²) in [5.74, 6) is -3.84. The highest BCUT2D eigenvalue weighted by Crippen LogP contribution is 2.47. The van der Waals surface area contributed by atoms with Gasteiger partial charge in [-0.15, -0.1) is 0 Å². The quantitative estimate of drug-likeness (QED) is 0.113. The summed E-state index contributed by atoms with van der Waals surface area (Å²) in [5, 5.41) is 47.9. The number of hydrogen-bond donors (Lipinski definition) is 6. The molecular weight excluding hydrogens is 395 g/mol. The van der Waals surface area contributed by atoms with Gasteiger partial charge in [0.25, 0.3) is 0 Å². The molecule has 0 aromatic heterocycles. The minimum atomic E-state index is -5.16. The van der Waals surface area contributed by atoms with E-state index in [1.54, 1.807) is 0 Å². The third kappa shape index (κ3) is 6.04. The monoisotopic (exact) mass is 414 g/mol. The van der Waals surface area contributed by atoms with Crippen LogP contribution in [0.2, 0.25) is 0 Å². The van der Waals surface area contributed by atoms with Crippen LogP contribution in [0.5, 0.6) is 0 Å². The molecule has 6 N–H and O–H groups in total. The number of aliphatic hydroxyl groups is 5. The summed E-state index contributed by atoms with van der Waals surface area (Å²) >= 11 is 0. The van der Waals surface area contributed by atoms with E-state index in [1.807, 2.05) is 0 Å². The molecule has 13 nitrogen and oxygen atoms in total. The molecule has 1 aliphatic carbocycles. The van der Waals surface area contributed by atoms with Crippen LogP contribution in [-0.4, -0.2) is 97.8 Å². The van der Waals surface area contributed by atoms with Gasteiger partial charge in [0.05, 0.1) is 12.5 Å². The molecule has 0 aliphatic heterocycles. The van der Waals surface area contributed by atoms with Gasteiger partial charge >= 0.3 is 7.82 Å². The molecule has 1 aliphatic rings. The molecule has 0 heterocycles. The van der Waals surface area contributed by atoms with Crippen molar-refractivity contribution in [2.45, 2.75) is 43.0 Å². The van der Waals surface area contributed by atoms with E-state index in [0.29, 0.717) is 0 Å². The van der Waals surface area contributed by atoms with Crippen molar-refractivity contribution in [3.63, 3.8) is 0 Å². The minimum absolute atomic E-state index is 0.122. The van der Waals surface area contributed by atoms with Gasteiger partial charge in [-0.2, -0.15) is 0 Å². The summed E-state index contributed by atoms with van der Waals surface area (Å²) in [6.07, 6.45) is -13.3. The third-order valence-electron chi connectivity index (χ3n) is 3.86. The molecule has 1 rings (SSSR count). The number of hydrogen-bond acceptors (Lipinski definition) is 12. The highest BCUT2D eigenvalue weighted by atomic mass is 31.2. The Kier molecular flexibility index (Phi) is 8.48. The van der Waals surface area contributed by atoms with Gasteiger partial charge in [-0.05, 0) is 0 Å². The molecule has 1 saturated carbocycles. The van der Waals surface area contributed by atoms with Crippen LogP contribution in [0.1, 0.15) is 6.42 Å². The topological polar surface area (TPSA) is 225 Å². The predicted molar refractivity (Wildman–Crippen MR) is 80.9 cm³/mol. The molecular formula is C13H19O13P. The number of carbonyl (C=O) groups excluding carboxylic acids is 4. The van der Waals surface area contributed by atoms with Crippen LogP contribution in [0.15, 0.2) is 0 Å². The number of aldehydes is 2. The van der Waals surface area contributed by atoms with E-state index in [1.165, 1.54) is 0 Å². The van der Waals surface area contributed by atoms with Crippen molar-refractivity contribution in [3.8, 4) is 0 Å². The van der Waals surface area contributed by atoms with E-state index in [2.05, 4.69) is 9.05 Å². The van der Waals surface area contributed by atoms with Crippen LogP contribution in [0.4, 0.5) is 0 Å². The van der Waals surface area contributed by atoms with Crippen molar-refractivity contribution in [1.82, 2.24) is 0 Å². The summed E-state index contributed by atoms with van der Waals surface area (Å²) < 4.78 is 20.9. The Labute approximate surface area is 151 Å². The Morgan fingerprint density at radius 1 is 0.926 bits per heavy atom. The lowest BCUT2D eigenvalue weighted by atomic mass is 9.85. The van der Waals surface area contributed by atoms with E-state index >= 15 is 0 Å². The number of aliphatic hydroxyl groups excluding tert-OH is 5. The molecule has 14 heteroatoms. The first-order chi connectivity index (χ1) is 12.4. The fourth-order valence-electron chi connectivity index (χ4n) is 2.32. The summed E-state index contributed by atoms with van der Waals surface area (Å²) in [5.41, 5.74) is 0. The third-order valence-corrected chi connectivity index (χ3v) is 4.85. The number of carbonyl (C=O) groups is 4. The molecule has 0 radical (unpaired) electrons. The van der Waals surface area contributed by atoms with Crippen LogP contribution < -0.4 is 0 Å². The Morgan fingerprint density at radius 2 is 1.41 bits per heavy atom. The van der Waals surface area contributed by atoms with Crippen LogP contribution in [0, 0.1) is 5.92 Å². The summed E-state index contributed by atoms with van der Waals surface area (Å²) in [6, 6.07) is 0. The van der Waals surface area contributed by atoms with Gasteiger partial charge in [0.2, 0.25) is 5.78 Å². The number of ketones is 2. The van der Waals surface area contributed by atoms with E-state index < -0.39 is 75.0 Å². The first-order valence-corrected chi connectivity index (χ1v) is 8.97. The van der Waals surface area contributed by atoms with Gasteiger partial charge in [-0.3, -0.25) is 28.2 Å². The molecule has 0 bridgehead atoms. The van der Waals surface area contributed by atoms with Gasteiger partial charge in [-0.25, -0.2) is 4.57 Å². The van der Waals surface area contributed by atoms with E-state index in [9.17, 15) is 54.2 Å². The molecule has 0 aromatic carbocycles. The van der Waals surface area contributed by atoms with Gasteiger partial charge in [-0.1, -0.05) is 0 Å². The smallest absolute Gasteiger partial charge is 0.387 e. The second kappa shape index (κ2) is 9.68. The fraction of sp³-hybridized carbons (Fsp3) is 0.692. The Morgan fingerprint density at radius 3 is 1.85 bits per heavy atom. The van der Waals surface area contributed by atoms with Crippen molar-refractivity contribution in [2.75, 3.05) is 6.61 Å². The van der Waals surface area contributed by atoms with Crippen LogP contribution in [0.3, 0.4) is 0 Å². The zero-order valence-electron chi connectivity index (χ0n) is 13.6. The molecule has 154 valence electrons. The standard InChI is InChI=1S/C13H19O13P/c14-2-6(16)1-5(7(17)3-15)4-25-27(23,24)26-13-11(21)9(19)8(18)10(20)12(13)22/h2-3,5,8-13,18-22H,1,4H2,(H,23,24)/t5-,8?,9-,10-,11+,12+,13?/m1/s1. The molecule has 0 amide bonds. The average Bonchev–Trinajstić information content (AvgIpc) is 2.64. The van der Waals surface area contributed by atoms with Crippen molar-refractivity contribution in [2.24, 2.45) is 5.92 Å².